The van der Waals surface area contributed by atoms with E-state index in [-0.39, 0.29) is 5.91 Å². The van der Waals surface area contributed by atoms with Crippen molar-refractivity contribution in [3.63, 3.8) is 0 Å². The summed E-state index contributed by atoms with van der Waals surface area (Å²) in [5.74, 6) is -2.82. The standard InChI is InChI=1S/C20H24N2O2.C2H2O4/c1-24-19-10-6-5-9-18(19)21-13-15-22(16-14-21)20(23)12-11-17-7-3-2-4-8-17;3-1(4)2(5)6/h2-10H,11-16H2,1H3;(H,3,4)(H,5,6). The molecule has 0 radical (unpaired) electrons. The van der Waals surface area contributed by atoms with E-state index in [1.807, 2.05) is 41.3 Å². The molecule has 1 heterocycles. The summed E-state index contributed by atoms with van der Waals surface area (Å²) in [7, 11) is 1.71. The summed E-state index contributed by atoms with van der Waals surface area (Å²) >= 11 is 0. The first kappa shape index (κ1) is 22.9. The zero-order valence-electron chi connectivity index (χ0n) is 16.9. The molecule has 2 N–H and O–H groups in total. The molecule has 1 aliphatic rings. The average molecular weight is 414 g/mol. The molecule has 0 unspecified atom stereocenters. The van der Waals surface area contributed by atoms with Crippen LogP contribution >= 0.6 is 0 Å². The van der Waals surface area contributed by atoms with Crippen LogP contribution in [0.5, 0.6) is 5.75 Å². The van der Waals surface area contributed by atoms with Crippen molar-refractivity contribution in [3.8, 4) is 5.75 Å². The molecule has 8 heteroatoms. The van der Waals surface area contributed by atoms with Crippen LogP contribution in [-0.2, 0) is 20.8 Å². The predicted molar refractivity (Wildman–Crippen MR) is 107 cm³/mol. The van der Waals surface area contributed by atoms with E-state index in [4.69, 9.17) is 24.5 Å². The van der Waals surface area contributed by atoms with Crippen molar-refractivity contribution in [2.45, 2.75) is 12.8 Å². The zero-order chi connectivity index (χ0) is 21.9. The number of piperazine rings is 1. The summed E-state index contributed by atoms with van der Waals surface area (Å²) in [5.41, 5.74) is 2.42. The van der Waals surface area contributed by atoms with Crippen LogP contribution in [0.3, 0.4) is 0 Å². The van der Waals surface area contributed by atoms with E-state index in [9.17, 15) is 4.79 Å². The first-order valence-corrected chi connectivity index (χ1v) is 9.66. The van der Waals surface area contributed by atoms with Gasteiger partial charge >= 0.3 is 5.97 Å². The highest BCUT2D eigenvalue weighted by Gasteiger charge is 2.26. The second-order valence-corrected chi connectivity index (χ2v) is 6.76. The number of nitrogens with zero attached hydrogens (tertiary/aromatic N) is 1. The Kier molecular flexibility index (Phi) is 8.83. The molecule has 0 saturated carbocycles. The molecule has 30 heavy (non-hydrogen) atoms. The third kappa shape index (κ3) is 6.89. The summed E-state index contributed by atoms with van der Waals surface area (Å²) in [5, 5.41) is 16.3. The van der Waals surface area contributed by atoms with Crippen molar-refractivity contribution in [1.82, 2.24) is 4.90 Å². The first-order chi connectivity index (χ1) is 14.4. The average Bonchev–Trinajstić information content (AvgIpc) is 2.78. The molecule has 1 saturated heterocycles. The van der Waals surface area contributed by atoms with E-state index < -0.39 is 11.9 Å². The Bertz CT molecular complexity index is 836. The number of carbonyl (C=O) groups excluding carboxylic acids is 2. The number of quaternary nitrogens is 1. The van der Waals surface area contributed by atoms with E-state index in [1.165, 1.54) is 16.2 Å². The first-order valence-electron chi connectivity index (χ1n) is 9.66. The third-order valence-electron chi connectivity index (χ3n) is 4.85. The fourth-order valence-corrected chi connectivity index (χ4v) is 3.29. The normalized spacial score (nSPS) is 13.7. The number of amides is 1. The Morgan fingerprint density at radius 2 is 1.60 bits per heavy atom. The molecule has 0 bridgehead atoms. The fraction of sp³-hybridized carbons (Fsp3) is 0.318. The van der Waals surface area contributed by atoms with Gasteiger partial charge in [-0.2, -0.15) is 0 Å². The Morgan fingerprint density at radius 3 is 2.17 bits per heavy atom. The van der Waals surface area contributed by atoms with Crippen molar-refractivity contribution >= 4 is 23.5 Å². The number of carboxylic acids is 2. The Labute approximate surface area is 175 Å². The van der Waals surface area contributed by atoms with Crippen molar-refractivity contribution in [1.29, 1.82) is 0 Å². The van der Waals surface area contributed by atoms with Crippen LogP contribution < -0.4 is 14.7 Å². The number of carbonyl (C=O) groups is 3. The van der Waals surface area contributed by atoms with Gasteiger partial charge in [-0.25, -0.2) is 4.79 Å². The highest BCUT2D eigenvalue weighted by atomic mass is 16.5. The highest BCUT2D eigenvalue weighted by Crippen LogP contribution is 2.19. The molecule has 1 amide bonds. The molecule has 2 aromatic carbocycles. The van der Waals surface area contributed by atoms with Crippen LogP contribution in [0, 0.1) is 0 Å². The van der Waals surface area contributed by atoms with E-state index in [0.717, 1.165) is 38.3 Å². The zero-order valence-corrected chi connectivity index (χ0v) is 16.9. The summed E-state index contributed by atoms with van der Waals surface area (Å²) in [6, 6.07) is 18.4. The van der Waals surface area contributed by atoms with Crippen LogP contribution in [0.2, 0.25) is 0 Å². The number of ether oxygens (including phenoxy) is 1. The van der Waals surface area contributed by atoms with Gasteiger partial charge in [-0.15, -0.1) is 0 Å². The second kappa shape index (κ2) is 11.6. The molecule has 0 aliphatic carbocycles. The van der Waals surface area contributed by atoms with Gasteiger partial charge in [0.15, 0.2) is 17.4 Å². The fourth-order valence-electron chi connectivity index (χ4n) is 3.29. The minimum atomic E-state index is -2.07. The molecule has 160 valence electrons. The Hall–Kier alpha value is -3.39. The van der Waals surface area contributed by atoms with Crippen LogP contribution in [0.4, 0.5) is 5.69 Å². The van der Waals surface area contributed by atoms with E-state index in [2.05, 4.69) is 18.2 Å². The maximum atomic E-state index is 12.4. The van der Waals surface area contributed by atoms with E-state index in [1.54, 1.807) is 7.11 Å². The maximum absolute atomic E-state index is 12.4. The SMILES string of the molecule is COc1ccccc1[NH+]1CCN(C(=O)CCc2ccccc2)CC1.O=C([O-])C(=O)O. The number of benzene rings is 2. The van der Waals surface area contributed by atoms with Gasteiger partial charge in [0.05, 0.1) is 33.3 Å². The highest BCUT2D eigenvalue weighted by molar-refractivity contribution is 6.26. The number of hydrogen-bond donors (Lipinski definition) is 2. The number of rotatable bonds is 5. The topological polar surface area (TPSA) is 111 Å². The van der Waals surface area contributed by atoms with Crippen molar-refractivity contribution in [2.24, 2.45) is 0 Å². The number of para-hydroxylation sites is 2. The van der Waals surface area contributed by atoms with E-state index in [0.29, 0.717) is 6.42 Å². The molecular weight excluding hydrogens is 388 g/mol. The van der Waals surface area contributed by atoms with Gasteiger partial charge in [0.1, 0.15) is 0 Å². The molecule has 0 atom stereocenters. The molecule has 1 aliphatic heterocycles. The van der Waals surface area contributed by atoms with Crippen LogP contribution in [0.1, 0.15) is 12.0 Å². The Morgan fingerprint density at radius 1 is 1.03 bits per heavy atom. The van der Waals surface area contributed by atoms with Gasteiger partial charge in [0.25, 0.3) is 0 Å². The lowest BCUT2D eigenvalue weighted by Gasteiger charge is -2.32. The summed E-state index contributed by atoms with van der Waals surface area (Å²) in [6.07, 6.45) is 1.41. The quantitative estimate of drug-likeness (QED) is 0.639. The summed E-state index contributed by atoms with van der Waals surface area (Å²) < 4.78 is 5.46. The van der Waals surface area contributed by atoms with E-state index >= 15 is 0 Å². The smallest absolute Gasteiger partial charge is 0.351 e. The lowest BCUT2D eigenvalue weighted by Crippen LogP contribution is -3.10. The number of methoxy groups -OCH3 is 1. The second-order valence-electron chi connectivity index (χ2n) is 6.76. The molecule has 0 aromatic heterocycles. The van der Waals surface area contributed by atoms with Gasteiger partial charge in [-0.3, -0.25) is 9.69 Å². The predicted octanol–water partition coefficient (Wildman–Crippen LogP) is -0.492. The molecule has 3 rings (SSSR count). The largest absolute Gasteiger partial charge is 0.539 e. The number of hydrogen-bond acceptors (Lipinski definition) is 5. The van der Waals surface area contributed by atoms with Crippen molar-refractivity contribution in [2.75, 3.05) is 33.3 Å². The van der Waals surface area contributed by atoms with Crippen molar-refractivity contribution < 1.29 is 34.2 Å². The van der Waals surface area contributed by atoms with Crippen LogP contribution in [0.25, 0.3) is 0 Å². The minimum absolute atomic E-state index is 0.262. The molecule has 1 fully saturated rings. The van der Waals surface area contributed by atoms with Crippen LogP contribution in [0.15, 0.2) is 54.6 Å². The lowest BCUT2D eigenvalue weighted by atomic mass is 10.1. The summed E-state index contributed by atoms with van der Waals surface area (Å²) in [4.78, 5) is 33.8. The third-order valence-corrected chi connectivity index (χ3v) is 4.85. The number of aryl methyl sites for hydroxylation is 1. The molecule has 8 nitrogen and oxygen atoms in total. The van der Waals surface area contributed by atoms with Gasteiger partial charge in [0.2, 0.25) is 5.91 Å². The molecular formula is C22H26N2O6. The lowest BCUT2D eigenvalue weighted by molar-refractivity contribution is -0.837. The molecule has 2 aromatic rings. The van der Waals surface area contributed by atoms with Gasteiger partial charge in [0, 0.05) is 12.5 Å². The minimum Gasteiger partial charge on any atom is -0.539 e. The number of aliphatic carboxylic acids is 2. The van der Waals surface area contributed by atoms with Gasteiger partial charge in [-0.1, -0.05) is 42.5 Å². The van der Waals surface area contributed by atoms with Gasteiger partial charge in [-0.05, 0) is 18.1 Å². The van der Waals surface area contributed by atoms with Gasteiger partial charge < -0.3 is 24.6 Å². The Balaban J connectivity index is 0.000000469. The molecule has 0 spiro atoms. The maximum Gasteiger partial charge on any atom is 0.351 e. The monoisotopic (exact) mass is 414 g/mol. The van der Waals surface area contributed by atoms with Crippen molar-refractivity contribution in [3.05, 3.63) is 60.2 Å². The van der Waals surface area contributed by atoms with Crippen LogP contribution in [-0.4, -0.2) is 61.1 Å². The summed E-state index contributed by atoms with van der Waals surface area (Å²) in [6.45, 7) is 3.47. The number of nitrogens with one attached hydrogen (secondary N) is 1. The number of carboxylic acid groups (broad SMARTS) is 2.